The Balaban J connectivity index is 1.84. The zero-order chi connectivity index (χ0) is 14.8. The zero-order valence-corrected chi connectivity index (χ0v) is 11.5. The molecule has 0 aliphatic heterocycles. The molecule has 106 valence electrons. The lowest BCUT2D eigenvalue weighted by Gasteiger charge is -2.16. The van der Waals surface area contributed by atoms with Gasteiger partial charge in [-0.3, -0.25) is 9.89 Å². The maximum absolute atomic E-state index is 13.2. The molecule has 2 aromatic carbocycles. The second kappa shape index (κ2) is 5.36. The summed E-state index contributed by atoms with van der Waals surface area (Å²) >= 11 is 0. The topological polar surface area (TPSA) is 49.0 Å². The fourth-order valence-electron chi connectivity index (χ4n) is 2.29. The molecule has 0 aliphatic carbocycles. The van der Waals surface area contributed by atoms with E-state index in [9.17, 15) is 9.18 Å². The lowest BCUT2D eigenvalue weighted by Crippen LogP contribution is -2.26. The number of carbonyl (C=O) groups is 1. The van der Waals surface area contributed by atoms with E-state index < -0.39 is 0 Å². The van der Waals surface area contributed by atoms with Crippen molar-refractivity contribution in [2.45, 2.75) is 6.54 Å². The highest BCUT2D eigenvalue weighted by Crippen LogP contribution is 2.17. The molecular formula is C16H14FN3O. The summed E-state index contributed by atoms with van der Waals surface area (Å²) in [5.74, 6) is -0.504. The van der Waals surface area contributed by atoms with Crippen LogP contribution in [0.2, 0.25) is 0 Å². The van der Waals surface area contributed by atoms with Gasteiger partial charge in [-0.15, -0.1) is 0 Å². The first-order chi connectivity index (χ1) is 10.1. The van der Waals surface area contributed by atoms with Gasteiger partial charge in [-0.25, -0.2) is 4.39 Å². The number of fused-ring (bicyclic) bond motifs is 1. The summed E-state index contributed by atoms with van der Waals surface area (Å²) in [7, 11) is 1.68. The predicted molar refractivity (Wildman–Crippen MR) is 78.3 cm³/mol. The number of nitrogens with one attached hydrogen (secondary N) is 1. The molecule has 0 bridgehead atoms. The molecule has 3 rings (SSSR count). The number of halogens is 1. The molecule has 1 heterocycles. The van der Waals surface area contributed by atoms with E-state index in [-0.39, 0.29) is 11.7 Å². The summed E-state index contributed by atoms with van der Waals surface area (Å²) in [6, 6.07) is 13.7. The smallest absolute Gasteiger partial charge is 0.275 e. The van der Waals surface area contributed by atoms with Crippen molar-refractivity contribution >= 4 is 16.8 Å². The molecule has 1 aromatic heterocycles. The lowest BCUT2D eigenvalue weighted by molar-refractivity contribution is 0.0781. The number of amides is 1. The Bertz CT molecular complexity index is 797. The van der Waals surface area contributed by atoms with Gasteiger partial charge in [0.1, 0.15) is 5.82 Å². The second-order valence-electron chi connectivity index (χ2n) is 4.91. The molecule has 21 heavy (non-hydrogen) atoms. The van der Waals surface area contributed by atoms with Crippen molar-refractivity contribution in [2.75, 3.05) is 7.05 Å². The Morgan fingerprint density at radius 2 is 2.05 bits per heavy atom. The van der Waals surface area contributed by atoms with Crippen molar-refractivity contribution in [1.82, 2.24) is 15.1 Å². The SMILES string of the molecule is CN(Cc1cccc(F)c1)C(=O)c1n[nH]c2ccccc12. The highest BCUT2D eigenvalue weighted by Gasteiger charge is 2.18. The molecule has 0 unspecified atom stereocenters. The van der Waals surface area contributed by atoms with Crippen LogP contribution in [0.4, 0.5) is 4.39 Å². The predicted octanol–water partition coefficient (Wildman–Crippen LogP) is 2.97. The molecule has 3 aromatic rings. The fourth-order valence-corrected chi connectivity index (χ4v) is 2.29. The van der Waals surface area contributed by atoms with Gasteiger partial charge in [-0.05, 0) is 23.8 Å². The summed E-state index contributed by atoms with van der Waals surface area (Å²) in [5, 5.41) is 7.71. The minimum Gasteiger partial charge on any atom is -0.336 e. The number of benzene rings is 2. The molecule has 4 nitrogen and oxygen atoms in total. The van der Waals surface area contributed by atoms with E-state index in [4.69, 9.17) is 0 Å². The third-order valence-corrected chi connectivity index (χ3v) is 3.33. The number of aromatic amines is 1. The van der Waals surface area contributed by atoms with Crippen LogP contribution in [0.5, 0.6) is 0 Å². The Labute approximate surface area is 121 Å². The van der Waals surface area contributed by atoms with Gasteiger partial charge >= 0.3 is 0 Å². The van der Waals surface area contributed by atoms with Crippen molar-refractivity contribution in [2.24, 2.45) is 0 Å². The van der Waals surface area contributed by atoms with Crippen LogP contribution in [0, 0.1) is 5.82 Å². The number of nitrogens with zero attached hydrogens (tertiary/aromatic N) is 2. The summed E-state index contributed by atoms with van der Waals surface area (Å²) in [5.41, 5.74) is 1.94. The van der Waals surface area contributed by atoms with Crippen molar-refractivity contribution in [3.05, 3.63) is 65.6 Å². The average Bonchev–Trinajstić information content (AvgIpc) is 2.90. The van der Waals surface area contributed by atoms with Gasteiger partial charge in [0.25, 0.3) is 5.91 Å². The third kappa shape index (κ3) is 2.63. The standard InChI is InChI=1S/C16H14FN3O/c1-20(10-11-5-4-6-12(17)9-11)16(21)15-13-7-2-3-8-14(13)18-19-15/h2-9H,10H2,1H3,(H,18,19). The van der Waals surface area contributed by atoms with Gasteiger partial charge in [0.05, 0.1) is 5.52 Å². The number of hydrogen-bond donors (Lipinski definition) is 1. The molecule has 0 saturated heterocycles. The van der Waals surface area contributed by atoms with E-state index in [0.29, 0.717) is 12.2 Å². The van der Waals surface area contributed by atoms with Crippen LogP contribution in [-0.2, 0) is 6.54 Å². The molecule has 1 N–H and O–H groups in total. The molecule has 0 spiro atoms. The molecule has 0 radical (unpaired) electrons. The average molecular weight is 283 g/mol. The van der Waals surface area contributed by atoms with Crippen molar-refractivity contribution in [1.29, 1.82) is 0 Å². The van der Waals surface area contributed by atoms with Crippen LogP contribution in [0.3, 0.4) is 0 Å². The van der Waals surface area contributed by atoms with Gasteiger partial charge in [-0.2, -0.15) is 5.10 Å². The van der Waals surface area contributed by atoms with Crippen molar-refractivity contribution < 1.29 is 9.18 Å². The lowest BCUT2D eigenvalue weighted by atomic mass is 10.1. The largest absolute Gasteiger partial charge is 0.336 e. The second-order valence-corrected chi connectivity index (χ2v) is 4.91. The summed E-state index contributed by atoms with van der Waals surface area (Å²) in [4.78, 5) is 14.0. The minimum absolute atomic E-state index is 0.197. The van der Waals surface area contributed by atoms with E-state index >= 15 is 0 Å². The first kappa shape index (κ1) is 13.3. The Morgan fingerprint density at radius 1 is 1.24 bits per heavy atom. The van der Waals surface area contributed by atoms with Crippen LogP contribution >= 0.6 is 0 Å². The Morgan fingerprint density at radius 3 is 2.86 bits per heavy atom. The highest BCUT2D eigenvalue weighted by atomic mass is 19.1. The monoisotopic (exact) mass is 283 g/mol. The number of H-pyrrole nitrogens is 1. The normalized spacial score (nSPS) is 10.8. The van der Waals surface area contributed by atoms with E-state index in [1.165, 1.54) is 17.0 Å². The van der Waals surface area contributed by atoms with Crippen LogP contribution in [0.25, 0.3) is 10.9 Å². The number of hydrogen-bond acceptors (Lipinski definition) is 2. The van der Waals surface area contributed by atoms with Crippen molar-refractivity contribution in [3.8, 4) is 0 Å². The van der Waals surface area contributed by atoms with Gasteiger partial charge in [0.2, 0.25) is 0 Å². The Hall–Kier alpha value is -2.69. The summed E-state index contributed by atoms with van der Waals surface area (Å²) in [6.07, 6.45) is 0. The maximum Gasteiger partial charge on any atom is 0.275 e. The fraction of sp³-hybridized carbons (Fsp3) is 0.125. The third-order valence-electron chi connectivity index (χ3n) is 3.33. The first-order valence-corrected chi connectivity index (χ1v) is 6.58. The van der Waals surface area contributed by atoms with E-state index in [1.54, 1.807) is 19.2 Å². The highest BCUT2D eigenvalue weighted by molar-refractivity contribution is 6.04. The molecule has 1 amide bonds. The minimum atomic E-state index is -0.307. The van der Waals surface area contributed by atoms with Gasteiger partial charge < -0.3 is 4.90 Å². The summed E-state index contributed by atoms with van der Waals surface area (Å²) in [6.45, 7) is 0.331. The van der Waals surface area contributed by atoms with Crippen molar-refractivity contribution in [3.63, 3.8) is 0 Å². The number of rotatable bonds is 3. The van der Waals surface area contributed by atoms with E-state index in [2.05, 4.69) is 10.2 Å². The van der Waals surface area contributed by atoms with Gasteiger partial charge in [0, 0.05) is 19.0 Å². The number of para-hydroxylation sites is 1. The quantitative estimate of drug-likeness (QED) is 0.803. The molecule has 0 aliphatic rings. The molecule has 0 atom stereocenters. The van der Waals surface area contributed by atoms with Crippen LogP contribution in [0.1, 0.15) is 16.1 Å². The van der Waals surface area contributed by atoms with Gasteiger partial charge in [-0.1, -0.05) is 30.3 Å². The molecule has 5 heteroatoms. The van der Waals surface area contributed by atoms with E-state index in [0.717, 1.165) is 16.5 Å². The number of carbonyl (C=O) groups excluding carboxylic acids is 1. The molecule has 0 fully saturated rings. The van der Waals surface area contributed by atoms with Gasteiger partial charge in [0.15, 0.2) is 5.69 Å². The number of aromatic nitrogens is 2. The zero-order valence-electron chi connectivity index (χ0n) is 11.5. The first-order valence-electron chi connectivity index (χ1n) is 6.58. The van der Waals surface area contributed by atoms with Crippen LogP contribution < -0.4 is 0 Å². The van der Waals surface area contributed by atoms with Crippen LogP contribution in [0.15, 0.2) is 48.5 Å². The molecule has 0 saturated carbocycles. The van der Waals surface area contributed by atoms with E-state index in [1.807, 2.05) is 24.3 Å². The Kier molecular flexibility index (Phi) is 3.39. The summed E-state index contributed by atoms with van der Waals surface area (Å²) < 4.78 is 13.2. The maximum atomic E-state index is 13.2. The van der Waals surface area contributed by atoms with Crippen LogP contribution in [-0.4, -0.2) is 28.1 Å². The molecular weight excluding hydrogens is 269 g/mol.